The van der Waals surface area contributed by atoms with Crippen LogP contribution in [-0.2, 0) is 14.6 Å². The highest BCUT2D eigenvalue weighted by atomic mass is 32.2. The van der Waals surface area contributed by atoms with E-state index < -0.39 is 15.9 Å². The molecule has 2 atom stereocenters. The molecule has 0 radical (unpaired) electrons. The van der Waals surface area contributed by atoms with E-state index in [9.17, 15) is 13.2 Å². The molecule has 0 saturated heterocycles. The van der Waals surface area contributed by atoms with E-state index >= 15 is 0 Å². The molecule has 0 aromatic rings. The van der Waals surface area contributed by atoms with Crippen LogP contribution in [0.1, 0.15) is 19.8 Å². The molecule has 5 nitrogen and oxygen atoms in total. The molecule has 0 aliphatic carbocycles. The molecule has 2 unspecified atom stereocenters. The third-order valence-corrected chi connectivity index (χ3v) is 4.06. The van der Waals surface area contributed by atoms with Crippen molar-refractivity contribution in [2.75, 3.05) is 24.0 Å². The maximum Gasteiger partial charge on any atom is 0.237 e. The van der Waals surface area contributed by atoms with Crippen molar-refractivity contribution in [3.05, 3.63) is 0 Å². The van der Waals surface area contributed by atoms with E-state index in [1.54, 1.807) is 11.8 Å². The fourth-order valence-electron chi connectivity index (χ4n) is 1.24. The van der Waals surface area contributed by atoms with Gasteiger partial charge in [0.15, 0.2) is 0 Å². The Labute approximate surface area is 108 Å². The van der Waals surface area contributed by atoms with Crippen LogP contribution in [0, 0.1) is 0 Å². The summed E-state index contributed by atoms with van der Waals surface area (Å²) in [6.07, 6.45) is 4.12. The molecule has 0 aliphatic heterocycles. The van der Waals surface area contributed by atoms with E-state index in [4.69, 9.17) is 5.73 Å². The van der Waals surface area contributed by atoms with Crippen molar-refractivity contribution in [1.29, 1.82) is 0 Å². The first-order valence-corrected chi connectivity index (χ1v) is 8.98. The van der Waals surface area contributed by atoms with Gasteiger partial charge in [0.25, 0.3) is 0 Å². The quantitative estimate of drug-likeness (QED) is 0.654. The topological polar surface area (TPSA) is 89.3 Å². The lowest BCUT2D eigenvalue weighted by molar-refractivity contribution is -0.122. The van der Waals surface area contributed by atoms with Gasteiger partial charge in [-0.1, -0.05) is 6.92 Å². The highest BCUT2D eigenvalue weighted by Gasteiger charge is 2.18. The zero-order chi connectivity index (χ0) is 13.5. The Bertz CT molecular complexity index is 330. The summed E-state index contributed by atoms with van der Waals surface area (Å²) in [5.41, 5.74) is 5.64. The molecular formula is C10H22N2O3S2. The van der Waals surface area contributed by atoms with Gasteiger partial charge in [-0.25, -0.2) is 8.42 Å². The normalized spacial score (nSPS) is 15.3. The Morgan fingerprint density at radius 3 is 2.47 bits per heavy atom. The minimum absolute atomic E-state index is 0.0547. The molecule has 0 spiro atoms. The molecule has 0 aromatic heterocycles. The van der Waals surface area contributed by atoms with Gasteiger partial charge in [-0.3, -0.25) is 4.79 Å². The van der Waals surface area contributed by atoms with Crippen molar-refractivity contribution >= 4 is 27.5 Å². The Kier molecular flexibility index (Phi) is 7.82. The molecule has 0 fully saturated rings. The second-order valence-electron chi connectivity index (χ2n) is 4.09. The smallest absolute Gasteiger partial charge is 0.237 e. The van der Waals surface area contributed by atoms with Crippen molar-refractivity contribution in [2.45, 2.75) is 31.8 Å². The summed E-state index contributed by atoms with van der Waals surface area (Å²) < 4.78 is 21.9. The van der Waals surface area contributed by atoms with Gasteiger partial charge >= 0.3 is 0 Å². The van der Waals surface area contributed by atoms with Crippen LogP contribution in [0.25, 0.3) is 0 Å². The SMILES string of the molecule is CCC(CSC)NC(=O)C(N)CCS(C)(=O)=O. The number of amides is 1. The molecule has 0 aliphatic rings. The minimum atomic E-state index is -3.06. The monoisotopic (exact) mass is 282 g/mol. The van der Waals surface area contributed by atoms with Crippen LogP contribution in [0.15, 0.2) is 0 Å². The number of nitrogens with one attached hydrogen (secondary N) is 1. The summed E-state index contributed by atoms with van der Waals surface area (Å²) in [5, 5.41) is 2.82. The van der Waals surface area contributed by atoms with E-state index in [1.807, 2.05) is 13.2 Å². The van der Waals surface area contributed by atoms with E-state index in [-0.39, 0.29) is 24.1 Å². The van der Waals surface area contributed by atoms with Gasteiger partial charge in [0.05, 0.1) is 11.8 Å². The lowest BCUT2D eigenvalue weighted by atomic mass is 10.2. The van der Waals surface area contributed by atoms with Crippen molar-refractivity contribution in [3.63, 3.8) is 0 Å². The minimum Gasteiger partial charge on any atom is -0.351 e. The largest absolute Gasteiger partial charge is 0.351 e. The predicted octanol–water partition coefficient (Wildman–Crippen LogP) is 0.00620. The number of hydrogen-bond acceptors (Lipinski definition) is 5. The van der Waals surface area contributed by atoms with Gasteiger partial charge < -0.3 is 11.1 Å². The molecule has 102 valence electrons. The molecular weight excluding hydrogens is 260 g/mol. The third-order valence-electron chi connectivity index (χ3n) is 2.34. The zero-order valence-corrected chi connectivity index (χ0v) is 12.2. The maximum absolute atomic E-state index is 11.7. The van der Waals surface area contributed by atoms with Crippen LogP contribution in [0.2, 0.25) is 0 Å². The molecule has 0 saturated carbocycles. The Hall–Kier alpha value is -0.270. The molecule has 17 heavy (non-hydrogen) atoms. The average molecular weight is 282 g/mol. The third kappa shape index (κ3) is 8.45. The first-order valence-electron chi connectivity index (χ1n) is 5.52. The van der Waals surface area contributed by atoms with Gasteiger partial charge in [-0.05, 0) is 19.1 Å². The van der Waals surface area contributed by atoms with Gasteiger partial charge in [-0.15, -0.1) is 0 Å². The summed E-state index contributed by atoms with van der Waals surface area (Å²) >= 11 is 1.65. The number of carbonyl (C=O) groups excluding carboxylic acids is 1. The van der Waals surface area contributed by atoms with Gasteiger partial charge in [0.2, 0.25) is 5.91 Å². The highest BCUT2D eigenvalue weighted by molar-refractivity contribution is 7.98. The average Bonchev–Trinajstić information content (AvgIpc) is 2.23. The molecule has 0 bridgehead atoms. The van der Waals surface area contributed by atoms with E-state index in [0.29, 0.717) is 0 Å². The molecule has 7 heteroatoms. The van der Waals surface area contributed by atoms with Crippen molar-refractivity contribution in [3.8, 4) is 0 Å². The van der Waals surface area contributed by atoms with E-state index in [0.717, 1.165) is 18.4 Å². The summed E-state index contributed by atoms with van der Waals surface area (Å²) in [6.45, 7) is 1.99. The number of thioether (sulfide) groups is 1. The van der Waals surface area contributed by atoms with Crippen LogP contribution in [0.5, 0.6) is 0 Å². The van der Waals surface area contributed by atoms with Crippen LogP contribution in [0.4, 0.5) is 0 Å². The second-order valence-corrected chi connectivity index (χ2v) is 7.26. The zero-order valence-electron chi connectivity index (χ0n) is 10.6. The summed E-state index contributed by atoms with van der Waals surface area (Å²) in [6, 6.07) is -0.651. The summed E-state index contributed by atoms with van der Waals surface area (Å²) in [5.74, 6) is 0.511. The van der Waals surface area contributed by atoms with Crippen LogP contribution >= 0.6 is 11.8 Å². The van der Waals surface area contributed by atoms with Crippen molar-refractivity contribution in [2.24, 2.45) is 5.73 Å². The predicted molar refractivity (Wildman–Crippen MR) is 72.9 cm³/mol. The second kappa shape index (κ2) is 7.94. The van der Waals surface area contributed by atoms with Gasteiger partial charge in [0.1, 0.15) is 9.84 Å². The van der Waals surface area contributed by atoms with Gasteiger partial charge in [0, 0.05) is 18.1 Å². The van der Waals surface area contributed by atoms with Gasteiger partial charge in [-0.2, -0.15) is 11.8 Å². The number of nitrogens with two attached hydrogens (primary N) is 1. The maximum atomic E-state index is 11.7. The Morgan fingerprint density at radius 1 is 1.47 bits per heavy atom. The van der Waals surface area contributed by atoms with Crippen LogP contribution in [-0.4, -0.2) is 50.4 Å². The highest BCUT2D eigenvalue weighted by Crippen LogP contribution is 2.02. The standard InChI is InChI=1S/C10H22N2O3S2/c1-4-8(7-16-2)12-10(13)9(11)5-6-17(3,14)15/h8-9H,4-7,11H2,1-3H3,(H,12,13). The first-order chi connectivity index (χ1) is 7.80. The first kappa shape index (κ1) is 16.7. The lowest BCUT2D eigenvalue weighted by Crippen LogP contribution is -2.46. The van der Waals surface area contributed by atoms with Crippen LogP contribution in [0.3, 0.4) is 0 Å². The fraction of sp³-hybridized carbons (Fsp3) is 0.900. The molecule has 1 amide bonds. The number of carbonyl (C=O) groups is 1. The van der Waals surface area contributed by atoms with E-state index in [1.165, 1.54) is 0 Å². The fourth-order valence-corrected chi connectivity index (χ4v) is 2.65. The molecule has 0 rings (SSSR count). The molecule has 3 N–H and O–H groups in total. The van der Waals surface area contributed by atoms with E-state index in [2.05, 4.69) is 5.32 Å². The number of rotatable bonds is 8. The number of hydrogen-bond donors (Lipinski definition) is 2. The molecule has 0 heterocycles. The van der Waals surface area contributed by atoms with Crippen molar-refractivity contribution in [1.82, 2.24) is 5.32 Å². The summed E-state index contributed by atoms with van der Waals surface area (Å²) in [4.78, 5) is 11.7. The summed E-state index contributed by atoms with van der Waals surface area (Å²) in [7, 11) is -3.06. The van der Waals surface area contributed by atoms with Crippen LogP contribution < -0.4 is 11.1 Å². The Morgan fingerprint density at radius 2 is 2.06 bits per heavy atom. The molecule has 0 aromatic carbocycles. The Balaban J connectivity index is 4.12. The number of sulfone groups is 1. The van der Waals surface area contributed by atoms with Crippen molar-refractivity contribution < 1.29 is 13.2 Å². The lowest BCUT2D eigenvalue weighted by Gasteiger charge is -2.18.